The number of methoxy groups -OCH3 is 1. The first-order chi connectivity index (χ1) is 12.8. The lowest BCUT2D eigenvalue weighted by atomic mass is 10.1. The molecule has 0 saturated carbocycles. The maximum atomic E-state index is 12.4. The van der Waals surface area contributed by atoms with Gasteiger partial charge in [-0.05, 0) is 18.9 Å². The normalized spacial score (nSPS) is 19.3. The fourth-order valence-electron chi connectivity index (χ4n) is 3.31. The summed E-state index contributed by atoms with van der Waals surface area (Å²) >= 11 is 0. The lowest BCUT2D eigenvalue weighted by molar-refractivity contribution is 0.0194. The van der Waals surface area contributed by atoms with E-state index in [1.807, 2.05) is 4.90 Å². The second kappa shape index (κ2) is 9.70. The molecule has 0 atom stereocenters. The van der Waals surface area contributed by atoms with Crippen LogP contribution in [0.5, 0.6) is 5.88 Å². The van der Waals surface area contributed by atoms with Crippen LogP contribution in [0.2, 0.25) is 0 Å². The fraction of sp³-hybridized carbons (Fsp3) is 0.667. The minimum Gasteiger partial charge on any atom is -0.475 e. The van der Waals surface area contributed by atoms with E-state index in [9.17, 15) is 4.79 Å². The first kappa shape index (κ1) is 18.9. The Hall–Kier alpha value is -1.90. The van der Waals surface area contributed by atoms with Gasteiger partial charge in [-0.1, -0.05) is 0 Å². The molecule has 144 valence electrons. The number of piperazine rings is 1. The lowest BCUT2D eigenvalue weighted by Crippen LogP contribution is -2.53. The van der Waals surface area contributed by atoms with Gasteiger partial charge in [0, 0.05) is 58.6 Å². The summed E-state index contributed by atoms with van der Waals surface area (Å²) in [6.07, 6.45) is 3.80. The highest BCUT2D eigenvalue weighted by molar-refractivity contribution is 5.89. The fourth-order valence-corrected chi connectivity index (χ4v) is 3.31. The standard InChI is InChI=1S/C18H28N4O4/c1-24-12-13-26-17-3-2-15(14-19-17)20-18(23)22-8-6-21(7-9-22)16-4-10-25-11-5-16/h2-3,14,16H,4-13H2,1H3,(H,20,23). The van der Waals surface area contributed by atoms with Gasteiger partial charge in [-0.15, -0.1) is 0 Å². The van der Waals surface area contributed by atoms with Crippen LogP contribution in [0, 0.1) is 0 Å². The Kier molecular flexibility index (Phi) is 7.04. The van der Waals surface area contributed by atoms with Crippen LogP contribution >= 0.6 is 0 Å². The van der Waals surface area contributed by atoms with Crippen molar-refractivity contribution in [1.29, 1.82) is 0 Å². The van der Waals surface area contributed by atoms with Crippen molar-refractivity contribution in [3.63, 3.8) is 0 Å². The summed E-state index contributed by atoms with van der Waals surface area (Å²) in [5.74, 6) is 0.519. The van der Waals surface area contributed by atoms with Gasteiger partial charge in [0.05, 0.1) is 18.5 Å². The first-order valence-corrected chi connectivity index (χ1v) is 9.22. The second-order valence-corrected chi connectivity index (χ2v) is 6.52. The van der Waals surface area contributed by atoms with Gasteiger partial charge in [-0.3, -0.25) is 4.90 Å². The summed E-state index contributed by atoms with van der Waals surface area (Å²) < 4.78 is 15.8. The Morgan fingerprint density at radius 2 is 2.00 bits per heavy atom. The van der Waals surface area contributed by atoms with E-state index >= 15 is 0 Å². The van der Waals surface area contributed by atoms with Gasteiger partial charge in [-0.25, -0.2) is 9.78 Å². The van der Waals surface area contributed by atoms with Gasteiger partial charge in [0.2, 0.25) is 5.88 Å². The molecule has 0 radical (unpaired) electrons. The zero-order valence-electron chi connectivity index (χ0n) is 15.4. The van der Waals surface area contributed by atoms with Crippen LogP contribution in [0.3, 0.4) is 0 Å². The third-order valence-electron chi connectivity index (χ3n) is 4.83. The third-order valence-corrected chi connectivity index (χ3v) is 4.83. The van der Waals surface area contributed by atoms with Crippen LogP contribution in [0.25, 0.3) is 0 Å². The minimum atomic E-state index is -0.0773. The van der Waals surface area contributed by atoms with E-state index in [-0.39, 0.29) is 6.03 Å². The van der Waals surface area contributed by atoms with Crippen molar-refractivity contribution in [2.75, 3.05) is 65.0 Å². The number of nitrogens with zero attached hydrogens (tertiary/aromatic N) is 3. The van der Waals surface area contributed by atoms with Gasteiger partial charge in [-0.2, -0.15) is 0 Å². The molecule has 1 N–H and O–H groups in total. The van der Waals surface area contributed by atoms with Crippen molar-refractivity contribution >= 4 is 11.7 Å². The molecule has 8 nitrogen and oxygen atoms in total. The average molecular weight is 364 g/mol. The number of rotatable bonds is 6. The molecule has 0 bridgehead atoms. The van der Waals surface area contributed by atoms with Gasteiger partial charge in [0.15, 0.2) is 0 Å². The molecule has 2 saturated heterocycles. The number of aromatic nitrogens is 1. The number of hydrogen-bond donors (Lipinski definition) is 1. The van der Waals surface area contributed by atoms with Crippen molar-refractivity contribution in [2.45, 2.75) is 18.9 Å². The zero-order valence-corrected chi connectivity index (χ0v) is 15.4. The summed E-state index contributed by atoms with van der Waals surface area (Å²) in [5.41, 5.74) is 0.668. The summed E-state index contributed by atoms with van der Waals surface area (Å²) in [4.78, 5) is 21.0. The van der Waals surface area contributed by atoms with Crippen LogP contribution in [0.1, 0.15) is 12.8 Å². The number of carbonyl (C=O) groups excluding carboxylic acids is 1. The predicted octanol–water partition coefficient (Wildman–Crippen LogP) is 1.44. The summed E-state index contributed by atoms with van der Waals surface area (Å²) in [5, 5.41) is 2.91. The molecule has 0 spiro atoms. The van der Waals surface area contributed by atoms with E-state index < -0.39 is 0 Å². The highest BCUT2D eigenvalue weighted by Crippen LogP contribution is 2.17. The Morgan fingerprint density at radius 3 is 2.65 bits per heavy atom. The second-order valence-electron chi connectivity index (χ2n) is 6.52. The van der Waals surface area contributed by atoms with E-state index in [2.05, 4.69) is 15.2 Å². The van der Waals surface area contributed by atoms with E-state index in [0.29, 0.717) is 30.8 Å². The molecule has 2 aliphatic rings. The van der Waals surface area contributed by atoms with Crippen molar-refractivity contribution in [3.8, 4) is 5.88 Å². The zero-order chi connectivity index (χ0) is 18.2. The van der Waals surface area contributed by atoms with Gasteiger partial charge in [0.1, 0.15) is 6.61 Å². The Balaban J connectivity index is 1.42. The molecule has 2 aliphatic heterocycles. The SMILES string of the molecule is COCCOc1ccc(NC(=O)N2CCN(C3CCOCC3)CC2)cn1. The van der Waals surface area contributed by atoms with Crippen LogP contribution in [0.4, 0.5) is 10.5 Å². The molecular weight excluding hydrogens is 336 g/mol. The Labute approximate surface area is 154 Å². The number of hydrogen-bond acceptors (Lipinski definition) is 6. The van der Waals surface area contributed by atoms with Crippen LogP contribution in [-0.4, -0.2) is 86.6 Å². The largest absolute Gasteiger partial charge is 0.475 e. The molecule has 3 heterocycles. The molecule has 0 aliphatic carbocycles. The van der Waals surface area contributed by atoms with Crippen molar-refractivity contribution < 1.29 is 19.0 Å². The Bertz CT molecular complexity index is 555. The number of nitrogens with one attached hydrogen (secondary N) is 1. The first-order valence-electron chi connectivity index (χ1n) is 9.22. The maximum absolute atomic E-state index is 12.4. The van der Waals surface area contributed by atoms with Gasteiger partial charge >= 0.3 is 6.03 Å². The number of carbonyl (C=O) groups is 1. The highest BCUT2D eigenvalue weighted by atomic mass is 16.5. The van der Waals surface area contributed by atoms with Crippen LogP contribution in [0.15, 0.2) is 18.3 Å². The van der Waals surface area contributed by atoms with E-state index in [0.717, 1.165) is 52.2 Å². The van der Waals surface area contributed by atoms with Crippen molar-refractivity contribution in [2.24, 2.45) is 0 Å². The van der Waals surface area contributed by atoms with E-state index in [1.54, 1.807) is 25.4 Å². The molecule has 2 amide bonds. The van der Waals surface area contributed by atoms with E-state index in [4.69, 9.17) is 14.2 Å². The van der Waals surface area contributed by atoms with Crippen molar-refractivity contribution in [1.82, 2.24) is 14.8 Å². The molecule has 3 rings (SSSR count). The number of urea groups is 1. The predicted molar refractivity (Wildman–Crippen MR) is 97.6 cm³/mol. The third kappa shape index (κ3) is 5.30. The summed E-state index contributed by atoms with van der Waals surface area (Å²) in [6.45, 7) is 5.99. The summed E-state index contributed by atoms with van der Waals surface area (Å²) in [7, 11) is 1.62. The molecule has 0 aromatic carbocycles. The number of ether oxygens (including phenoxy) is 3. The Morgan fingerprint density at radius 1 is 1.23 bits per heavy atom. The van der Waals surface area contributed by atoms with Gasteiger partial charge < -0.3 is 24.4 Å². The molecule has 26 heavy (non-hydrogen) atoms. The number of anilines is 1. The van der Waals surface area contributed by atoms with Crippen molar-refractivity contribution in [3.05, 3.63) is 18.3 Å². The molecule has 0 unspecified atom stereocenters. The number of pyridine rings is 1. The lowest BCUT2D eigenvalue weighted by Gasteiger charge is -2.40. The topological polar surface area (TPSA) is 76.2 Å². The smallest absolute Gasteiger partial charge is 0.321 e. The molecular formula is C18H28N4O4. The monoisotopic (exact) mass is 364 g/mol. The molecule has 8 heteroatoms. The quantitative estimate of drug-likeness (QED) is 0.770. The molecule has 1 aromatic heterocycles. The average Bonchev–Trinajstić information content (AvgIpc) is 2.70. The van der Waals surface area contributed by atoms with Crippen LogP contribution in [-0.2, 0) is 9.47 Å². The maximum Gasteiger partial charge on any atom is 0.321 e. The highest BCUT2D eigenvalue weighted by Gasteiger charge is 2.27. The van der Waals surface area contributed by atoms with Crippen LogP contribution < -0.4 is 10.1 Å². The summed E-state index contributed by atoms with van der Waals surface area (Å²) in [6, 6.07) is 4.06. The number of amides is 2. The molecule has 1 aromatic rings. The molecule has 2 fully saturated rings. The van der Waals surface area contributed by atoms with E-state index in [1.165, 1.54) is 0 Å². The van der Waals surface area contributed by atoms with Gasteiger partial charge in [0.25, 0.3) is 0 Å². The minimum absolute atomic E-state index is 0.0773.